The fraction of sp³-hybridized carbons (Fsp3) is 0.333. The monoisotopic (exact) mass is 383 g/mol. The summed E-state index contributed by atoms with van der Waals surface area (Å²) in [5.41, 5.74) is 4.40. The molecule has 2 aromatic carbocycles. The van der Waals surface area contributed by atoms with Gasteiger partial charge >= 0.3 is 0 Å². The minimum Gasteiger partial charge on any atom is -0.367 e. The number of carbonyl (C=O) groups excluding carboxylic acids is 2. The topological polar surface area (TPSA) is 61.4 Å². The number of benzene rings is 2. The number of hydrogen-bond donors (Lipinski definition) is 2. The zero-order valence-corrected chi connectivity index (χ0v) is 15.8. The summed E-state index contributed by atoms with van der Waals surface area (Å²) in [5.74, 6) is -1.01. The van der Waals surface area contributed by atoms with E-state index >= 15 is 0 Å². The number of hydrogen-bond acceptors (Lipinski definition) is 3. The Morgan fingerprint density at radius 1 is 1.22 bits per heavy atom. The van der Waals surface area contributed by atoms with E-state index in [9.17, 15) is 9.59 Å². The lowest BCUT2D eigenvalue weighted by Crippen LogP contribution is -2.42. The lowest BCUT2D eigenvalue weighted by Gasteiger charge is -2.21. The summed E-state index contributed by atoms with van der Waals surface area (Å²) < 4.78 is 0. The molecule has 0 radical (unpaired) electrons. The van der Waals surface area contributed by atoms with Crippen molar-refractivity contribution in [2.24, 2.45) is 5.92 Å². The molecule has 0 bridgehead atoms. The lowest BCUT2D eigenvalue weighted by molar-refractivity contribution is -0.134. The standard InChI is InChI=1S/C21H22ClN3O2/c22-16-6-5-15-9-11-25(19(15)12-16)13-14-3-7-17(8-4-14)24-21(27)18-2-1-10-23-20(18)26/h3-8,12,18H,1-2,9-11,13H2,(H,23,26)(H,24,27). The second-order valence-electron chi connectivity index (χ2n) is 7.12. The van der Waals surface area contributed by atoms with Crippen molar-refractivity contribution in [3.05, 3.63) is 58.6 Å². The second-order valence-corrected chi connectivity index (χ2v) is 7.55. The van der Waals surface area contributed by atoms with Gasteiger partial charge in [0.25, 0.3) is 0 Å². The smallest absolute Gasteiger partial charge is 0.236 e. The Morgan fingerprint density at radius 2 is 2.04 bits per heavy atom. The molecule has 0 aliphatic carbocycles. The molecule has 6 heteroatoms. The lowest BCUT2D eigenvalue weighted by atomic mass is 9.97. The first kappa shape index (κ1) is 17.9. The number of anilines is 2. The van der Waals surface area contributed by atoms with E-state index in [2.05, 4.69) is 21.6 Å². The minimum absolute atomic E-state index is 0.179. The summed E-state index contributed by atoms with van der Waals surface area (Å²) in [5, 5.41) is 6.36. The van der Waals surface area contributed by atoms with Crippen LogP contribution < -0.4 is 15.5 Å². The van der Waals surface area contributed by atoms with Crippen LogP contribution in [-0.2, 0) is 22.6 Å². The normalized spacial score (nSPS) is 18.8. The van der Waals surface area contributed by atoms with Crippen molar-refractivity contribution in [2.45, 2.75) is 25.8 Å². The first-order valence-electron chi connectivity index (χ1n) is 9.31. The van der Waals surface area contributed by atoms with Gasteiger partial charge in [0, 0.05) is 36.0 Å². The molecule has 1 saturated heterocycles. The molecule has 2 heterocycles. The van der Waals surface area contributed by atoms with Gasteiger partial charge in [-0.1, -0.05) is 29.8 Å². The van der Waals surface area contributed by atoms with Crippen LogP contribution in [0.1, 0.15) is 24.0 Å². The maximum absolute atomic E-state index is 12.3. The molecule has 140 valence electrons. The fourth-order valence-electron chi connectivity index (χ4n) is 3.75. The predicted molar refractivity (Wildman–Crippen MR) is 107 cm³/mol. The summed E-state index contributed by atoms with van der Waals surface area (Å²) in [6, 6.07) is 13.9. The van der Waals surface area contributed by atoms with Crippen molar-refractivity contribution in [1.82, 2.24) is 5.32 Å². The van der Waals surface area contributed by atoms with Crippen LogP contribution in [0, 0.1) is 5.92 Å². The molecule has 2 amide bonds. The molecule has 27 heavy (non-hydrogen) atoms. The van der Waals surface area contributed by atoms with Crippen LogP contribution in [0.4, 0.5) is 11.4 Å². The molecule has 0 spiro atoms. The quantitative estimate of drug-likeness (QED) is 0.796. The summed E-state index contributed by atoms with van der Waals surface area (Å²) in [6.07, 6.45) is 2.47. The van der Waals surface area contributed by atoms with Gasteiger partial charge in [-0.25, -0.2) is 0 Å². The Hall–Kier alpha value is -2.53. The van der Waals surface area contributed by atoms with Gasteiger partial charge in [0.1, 0.15) is 5.92 Å². The molecule has 0 aromatic heterocycles. The van der Waals surface area contributed by atoms with Crippen molar-refractivity contribution in [3.8, 4) is 0 Å². The number of rotatable bonds is 4. The molecular formula is C21H22ClN3O2. The number of fused-ring (bicyclic) bond motifs is 1. The Bertz CT molecular complexity index is 866. The molecular weight excluding hydrogens is 362 g/mol. The predicted octanol–water partition coefficient (Wildman–Crippen LogP) is 3.37. The van der Waals surface area contributed by atoms with E-state index in [1.807, 2.05) is 36.4 Å². The molecule has 2 aliphatic heterocycles. The largest absolute Gasteiger partial charge is 0.367 e. The van der Waals surface area contributed by atoms with Crippen LogP contribution in [0.2, 0.25) is 5.02 Å². The van der Waals surface area contributed by atoms with Gasteiger partial charge < -0.3 is 15.5 Å². The number of nitrogens with one attached hydrogen (secondary N) is 2. The average Bonchev–Trinajstić information content (AvgIpc) is 3.05. The maximum atomic E-state index is 12.3. The fourth-order valence-corrected chi connectivity index (χ4v) is 3.91. The van der Waals surface area contributed by atoms with Crippen LogP contribution in [-0.4, -0.2) is 24.9 Å². The van der Waals surface area contributed by atoms with Gasteiger partial charge in [0.2, 0.25) is 11.8 Å². The molecule has 1 unspecified atom stereocenters. The summed E-state index contributed by atoms with van der Waals surface area (Å²) in [7, 11) is 0. The van der Waals surface area contributed by atoms with E-state index < -0.39 is 5.92 Å². The first-order valence-corrected chi connectivity index (χ1v) is 9.69. The second kappa shape index (κ2) is 7.61. The van der Waals surface area contributed by atoms with Gasteiger partial charge in [-0.2, -0.15) is 0 Å². The van der Waals surface area contributed by atoms with Crippen LogP contribution >= 0.6 is 11.6 Å². The third-order valence-corrected chi connectivity index (χ3v) is 5.47. The van der Waals surface area contributed by atoms with Crippen LogP contribution in [0.25, 0.3) is 0 Å². The highest BCUT2D eigenvalue weighted by Crippen LogP contribution is 2.32. The highest BCUT2D eigenvalue weighted by atomic mass is 35.5. The van der Waals surface area contributed by atoms with E-state index in [4.69, 9.17) is 11.6 Å². The number of halogens is 1. The van der Waals surface area contributed by atoms with Gasteiger partial charge in [-0.3, -0.25) is 9.59 Å². The molecule has 4 rings (SSSR count). The van der Waals surface area contributed by atoms with E-state index in [0.717, 1.165) is 36.5 Å². The third kappa shape index (κ3) is 3.93. The summed E-state index contributed by atoms with van der Waals surface area (Å²) in [6.45, 7) is 2.43. The molecule has 5 nitrogen and oxygen atoms in total. The van der Waals surface area contributed by atoms with E-state index in [0.29, 0.717) is 18.7 Å². The Labute approximate surface area is 163 Å². The van der Waals surface area contributed by atoms with Crippen molar-refractivity contribution >= 4 is 34.8 Å². The summed E-state index contributed by atoms with van der Waals surface area (Å²) in [4.78, 5) is 26.4. The van der Waals surface area contributed by atoms with Crippen molar-refractivity contribution in [1.29, 1.82) is 0 Å². The molecule has 1 atom stereocenters. The van der Waals surface area contributed by atoms with Gasteiger partial charge in [-0.15, -0.1) is 0 Å². The highest BCUT2D eigenvalue weighted by Gasteiger charge is 2.29. The van der Waals surface area contributed by atoms with Gasteiger partial charge in [-0.05, 0) is 54.7 Å². The highest BCUT2D eigenvalue weighted by molar-refractivity contribution is 6.30. The first-order chi connectivity index (χ1) is 13.1. The van der Waals surface area contributed by atoms with Crippen molar-refractivity contribution in [2.75, 3.05) is 23.3 Å². The van der Waals surface area contributed by atoms with Crippen molar-refractivity contribution in [3.63, 3.8) is 0 Å². The SMILES string of the molecule is O=C1NCCCC1C(=O)Nc1ccc(CN2CCc3ccc(Cl)cc32)cc1. The van der Waals surface area contributed by atoms with Crippen LogP contribution in [0.5, 0.6) is 0 Å². The van der Waals surface area contributed by atoms with Crippen molar-refractivity contribution < 1.29 is 9.59 Å². The number of amides is 2. The summed E-state index contributed by atoms with van der Waals surface area (Å²) >= 11 is 6.14. The Kier molecular flexibility index (Phi) is 5.03. The van der Waals surface area contributed by atoms with Crippen LogP contribution in [0.15, 0.2) is 42.5 Å². The third-order valence-electron chi connectivity index (χ3n) is 5.24. The Morgan fingerprint density at radius 3 is 2.81 bits per heavy atom. The van der Waals surface area contributed by atoms with E-state index in [-0.39, 0.29) is 11.8 Å². The Balaban J connectivity index is 1.39. The van der Waals surface area contributed by atoms with Gasteiger partial charge in [0.15, 0.2) is 0 Å². The molecule has 1 fully saturated rings. The van der Waals surface area contributed by atoms with E-state index in [1.165, 1.54) is 11.3 Å². The van der Waals surface area contributed by atoms with Gasteiger partial charge in [0.05, 0.1) is 0 Å². The number of carbonyl (C=O) groups is 2. The maximum Gasteiger partial charge on any atom is 0.236 e. The molecule has 2 N–H and O–H groups in total. The van der Waals surface area contributed by atoms with E-state index in [1.54, 1.807) is 0 Å². The minimum atomic E-state index is -0.593. The number of nitrogens with zero attached hydrogens (tertiary/aromatic N) is 1. The molecule has 2 aliphatic rings. The zero-order chi connectivity index (χ0) is 18.8. The molecule has 2 aromatic rings. The molecule has 0 saturated carbocycles. The average molecular weight is 384 g/mol. The number of piperidine rings is 1. The van der Waals surface area contributed by atoms with Crippen LogP contribution in [0.3, 0.4) is 0 Å². The zero-order valence-electron chi connectivity index (χ0n) is 15.0.